The van der Waals surface area contributed by atoms with Gasteiger partial charge in [0.1, 0.15) is 0 Å². The second-order valence-corrected chi connectivity index (χ2v) is 5.32. The molecule has 2 atom stereocenters. The number of aliphatic hydroxyl groups is 1. The van der Waals surface area contributed by atoms with Gasteiger partial charge < -0.3 is 5.11 Å². The van der Waals surface area contributed by atoms with Gasteiger partial charge in [-0.25, -0.2) is 0 Å². The Hall–Kier alpha value is -0.0800. The molecule has 0 aromatic rings. The SMILES string of the molecule is CCCCCCCCN1CCC(C)C1CO. The van der Waals surface area contributed by atoms with Gasteiger partial charge in [-0.15, -0.1) is 0 Å². The molecule has 1 saturated heterocycles. The molecule has 0 spiro atoms. The van der Waals surface area contributed by atoms with E-state index in [0.29, 0.717) is 18.6 Å². The van der Waals surface area contributed by atoms with Gasteiger partial charge in [0.2, 0.25) is 0 Å². The lowest BCUT2D eigenvalue weighted by molar-refractivity contribution is 0.137. The molecule has 0 saturated carbocycles. The average molecular weight is 227 g/mol. The number of hydrogen-bond acceptors (Lipinski definition) is 2. The largest absolute Gasteiger partial charge is 0.395 e. The Labute approximate surface area is 101 Å². The highest BCUT2D eigenvalue weighted by Crippen LogP contribution is 2.23. The fraction of sp³-hybridized carbons (Fsp3) is 1.00. The minimum absolute atomic E-state index is 0.344. The second-order valence-electron chi connectivity index (χ2n) is 5.32. The van der Waals surface area contributed by atoms with Crippen molar-refractivity contribution in [2.75, 3.05) is 19.7 Å². The molecule has 0 aromatic heterocycles. The monoisotopic (exact) mass is 227 g/mol. The molecule has 2 unspecified atom stereocenters. The minimum Gasteiger partial charge on any atom is -0.395 e. The number of rotatable bonds is 8. The van der Waals surface area contributed by atoms with Gasteiger partial charge in [0.05, 0.1) is 6.61 Å². The van der Waals surface area contributed by atoms with Crippen LogP contribution in [0.2, 0.25) is 0 Å². The van der Waals surface area contributed by atoms with Gasteiger partial charge >= 0.3 is 0 Å². The van der Waals surface area contributed by atoms with Crippen LogP contribution in [0, 0.1) is 5.92 Å². The molecule has 96 valence electrons. The smallest absolute Gasteiger partial charge is 0.0589 e. The molecule has 0 aromatic carbocycles. The molecule has 1 heterocycles. The Morgan fingerprint density at radius 3 is 2.50 bits per heavy atom. The molecule has 1 rings (SSSR count). The summed E-state index contributed by atoms with van der Waals surface area (Å²) in [5, 5.41) is 9.34. The Morgan fingerprint density at radius 1 is 1.12 bits per heavy atom. The quantitative estimate of drug-likeness (QED) is 0.644. The van der Waals surface area contributed by atoms with Gasteiger partial charge in [-0.05, 0) is 31.8 Å². The van der Waals surface area contributed by atoms with Crippen LogP contribution in [0.5, 0.6) is 0 Å². The first-order valence-electron chi connectivity index (χ1n) is 7.14. The van der Waals surface area contributed by atoms with E-state index in [9.17, 15) is 5.11 Å². The summed E-state index contributed by atoms with van der Waals surface area (Å²) in [6.07, 6.45) is 9.45. The average Bonchev–Trinajstić information content (AvgIpc) is 2.64. The Bertz CT molecular complexity index is 172. The number of aliphatic hydroxyl groups excluding tert-OH is 1. The van der Waals surface area contributed by atoms with Crippen LogP contribution in [0.4, 0.5) is 0 Å². The normalized spacial score (nSPS) is 26.4. The van der Waals surface area contributed by atoms with Crippen LogP contribution in [0.15, 0.2) is 0 Å². The predicted molar refractivity (Wildman–Crippen MR) is 69.6 cm³/mol. The lowest BCUT2D eigenvalue weighted by Gasteiger charge is -2.24. The Kier molecular flexibility index (Phi) is 7.06. The van der Waals surface area contributed by atoms with E-state index in [1.165, 1.54) is 58.0 Å². The zero-order valence-electron chi connectivity index (χ0n) is 11.1. The molecular weight excluding hydrogens is 198 g/mol. The molecule has 1 aliphatic rings. The first-order valence-corrected chi connectivity index (χ1v) is 7.14. The Balaban J connectivity index is 2.04. The molecule has 1 aliphatic heterocycles. The maximum Gasteiger partial charge on any atom is 0.0589 e. The molecule has 16 heavy (non-hydrogen) atoms. The van der Waals surface area contributed by atoms with Crippen molar-refractivity contribution < 1.29 is 5.11 Å². The first kappa shape index (κ1) is 14.0. The third-order valence-corrected chi connectivity index (χ3v) is 3.98. The van der Waals surface area contributed by atoms with Crippen molar-refractivity contribution in [1.82, 2.24) is 4.90 Å². The second kappa shape index (κ2) is 8.08. The van der Waals surface area contributed by atoms with Gasteiger partial charge in [-0.3, -0.25) is 4.90 Å². The van der Waals surface area contributed by atoms with Crippen molar-refractivity contribution in [3.8, 4) is 0 Å². The van der Waals surface area contributed by atoms with Gasteiger partial charge in [0.25, 0.3) is 0 Å². The number of likely N-dealkylation sites (tertiary alicyclic amines) is 1. The van der Waals surface area contributed by atoms with E-state index >= 15 is 0 Å². The molecule has 2 heteroatoms. The van der Waals surface area contributed by atoms with Gasteiger partial charge in [-0.1, -0.05) is 46.0 Å². The van der Waals surface area contributed by atoms with Crippen molar-refractivity contribution in [2.45, 2.75) is 64.8 Å². The third-order valence-electron chi connectivity index (χ3n) is 3.98. The maximum absolute atomic E-state index is 9.34. The van der Waals surface area contributed by atoms with Crippen molar-refractivity contribution in [1.29, 1.82) is 0 Å². The van der Waals surface area contributed by atoms with E-state index in [1.807, 2.05) is 0 Å². The topological polar surface area (TPSA) is 23.5 Å². The van der Waals surface area contributed by atoms with E-state index in [0.717, 1.165) is 0 Å². The van der Waals surface area contributed by atoms with Crippen LogP contribution in [-0.4, -0.2) is 35.7 Å². The summed E-state index contributed by atoms with van der Waals surface area (Å²) in [5.74, 6) is 0.685. The lowest BCUT2D eigenvalue weighted by Crippen LogP contribution is -2.35. The van der Waals surface area contributed by atoms with Crippen LogP contribution in [-0.2, 0) is 0 Å². The maximum atomic E-state index is 9.34. The van der Waals surface area contributed by atoms with E-state index in [-0.39, 0.29) is 0 Å². The van der Waals surface area contributed by atoms with Crippen LogP contribution in [0.25, 0.3) is 0 Å². The van der Waals surface area contributed by atoms with Gasteiger partial charge in [0.15, 0.2) is 0 Å². The number of hydrogen-bond donors (Lipinski definition) is 1. The van der Waals surface area contributed by atoms with Crippen LogP contribution in [0.3, 0.4) is 0 Å². The zero-order valence-corrected chi connectivity index (χ0v) is 11.1. The van der Waals surface area contributed by atoms with Gasteiger partial charge in [0, 0.05) is 6.04 Å². The lowest BCUT2D eigenvalue weighted by atomic mass is 10.0. The Morgan fingerprint density at radius 2 is 1.81 bits per heavy atom. The molecule has 0 bridgehead atoms. The predicted octanol–water partition coefficient (Wildman–Crippen LogP) is 3.05. The summed E-state index contributed by atoms with van der Waals surface area (Å²) in [5.41, 5.74) is 0. The molecule has 0 amide bonds. The molecule has 0 aliphatic carbocycles. The van der Waals surface area contributed by atoms with E-state index in [2.05, 4.69) is 18.7 Å². The fourth-order valence-electron chi connectivity index (χ4n) is 2.76. The highest BCUT2D eigenvalue weighted by atomic mass is 16.3. The summed E-state index contributed by atoms with van der Waals surface area (Å²) in [4.78, 5) is 2.49. The van der Waals surface area contributed by atoms with Crippen molar-refractivity contribution >= 4 is 0 Å². The number of nitrogens with zero attached hydrogens (tertiary/aromatic N) is 1. The van der Waals surface area contributed by atoms with E-state index < -0.39 is 0 Å². The summed E-state index contributed by atoms with van der Waals surface area (Å²) < 4.78 is 0. The van der Waals surface area contributed by atoms with Crippen molar-refractivity contribution in [2.24, 2.45) is 5.92 Å². The highest BCUT2D eigenvalue weighted by molar-refractivity contribution is 4.83. The molecule has 1 fully saturated rings. The summed E-state index contributed by atoms with van der Waals surface area (Å²) in [6, 6.07) is 0.440. The highest BCUT2D eigenvalue weighted by Gasteiger charge is 2.29. The number of unbranched alkanes of at least 4 members (excludes halogenated alkanes) is 5. The molecule has 1 N–H and O–H groups in total. The third kappa shape index (κ3) is 4.42. The fourth-order valence-corrected chi connectivity index (χ4v) is 2.76. The van der Waals surface area contributed by atoms with Crippen LogP contribution in [0.1, 0.15) is 58.8 Å². The van der Waals surface area contributed by atoms with Crippen molar-refractivity contribution in [3.63, 3.8) is 0 Å². The summed E-state index contributed by atoms with van der Waals surface area (Å²) >= 11 is 0. The zero-order chi connectivity index (χ0) is 11.8. The standard InChI is InChI=1S/C14H29NO/c1-3-4-5-6-7-8-10-15-11-9-13(2)14(15)12-16/h13-14,16H,3-12H2,1-2H3. The van der Waals surface area contributed by atoms with Crippen molar-refractivity contribution in [3.05, 3.63) is 0 Å². The molecular formula is C14H29NO. The first-order chi connectivity index (χ1) is 7.79. The van der Waals surface area contributed by atoms with E-state index in [1.54, 1.807) is 0 Å². The summed E-state index contributed by atoms with van der Waals surface area (Å²) in [7, 11) is 0. The summed E-state index contributed by atoms with van der Waals surface area (Å²) in [6.45, 7) is 7.26. The molecule has 2 nitrogen and oxygen atoms in total. The van der Waals surface area contributed by atoms with Gasteiger partial charge in [-0.2, -0.15) is 0 Å². The van der Waals surface area contributed by atoms with E-state index in [4.69, 9.17) is 0 Å². The minimum atomic E-state index is 0.344. The van der Waals surface area contributed by atoms with Crippen LogP contribution >= 0.6 is 0 Å². The molecule has 0 radical (unpaired) electrons. The van der Waals surface area contributed by atoms with Crippen LogP contribution < -0.4 is 0 Å².